The molecule has 0 spiro atoms. The number of nitrogens with zero attached hydrogens (tertiary/aromatic N) is 1. The van der Waals surface area contributed by atoms with E-state index in [2.05, 4.69) is 0 Å². The van der Waals surface area contributed by atoms with Crippen LogP contribution in [0.4, 0.5) is 4.39 Å². The summed E-state index contributed by atoms with van der Waals surface area (Å²) in [5.74, 6) is -2.01. The van der Waals surface area contributed by atoms with Crippen molar-refractivity contribution in [3.05, 3.63) is 29.0 Å². The van der Waals surface area contributed by atoms with Crippen molar-refractivity contribution in [1.29, 1.82) is 0 Å². The first kappa shape index (κ1) is 16.5. The van der Waals surface area contributed by atoms with Gasteiger partial charge in [0.25, 0.3) is 5.91 Å². The second kappa shape index (κ2) is 6.96. The Kier molecular flexibility index (Phi) is 5.24. The van der Waals surface area contributed by atoms with Crippen molar-refractivity contribution in [3.8, 4) is 5.75 Å². The summed E-state index contributed by atoms with van der Waals surface area (Å²) in [5, 5.41) is 9.14. The van der Waals surface area contributed by atoms with E-state index in [1.54, 1.807) is 6.92 Å². The minimum Gasteiger partial charge on any atom is -0.481 e. The summed E-state index contributed by atoms with van der Waals surface area (Å²) in [4.78, 5) is 24.9. The minimum atomic E-state index is -0.896. The zero-order valence-electron chi connectivity index (χ0n) is 12.1. The van der Waals surface area contributed by atoms with E-state index < -0.39 is 23.8 Å². The summed E-state index contributed by atoms with van der Waals surface area (Å²) in [6, 6.07) is 3.66. The predicted octanol–water partition coefficient (Wildman–Crippen LogP) is 2.57. The van der Waals surface area contributed by atoms with E-state index in [0.717, 1.165) is 6.07 Å². The lowest BCUT2D eigenvalue weighted by Gasteiger charge is -2.32. The maximum Gasteiger partial charge on any atom is 0.308 e. The number of piperidine rings is 1. The van der Waals surface area contributed by atoms with Crippen LogP contribution in [0.2, 0.25) is 5.02 Å². The second-order valence-corrected chi connectivity index (χ2v) is 5.70. The molecule has 5 nitrogen and oxygen atoms in total. The molecule has 2 rings (SSSR count). The van der Waals surface area contributed by atoms with Gasteiger partial charge < -0.3 is 14.7 Å². The van der Waals surface area contributed by atoms with Gasteiger partial charge in [-0.1, -0.05) is 11.6 Å². The third kappa shape index (κ3) is 3.88. The molecule has 1 fully saturated rings. The molecule has 0 aliphatic carbocycles. The van der Waals surface area contributed by atoms with Crippen molar-refractivity contribution >= 4 is 23.5 Å². The number of halogens is 2. The van der Waals surface area contributed by atoms with Crippen molar-refractivity contribution < 1.29 is 23.8 Å². The zero-order valence-corrected chi connectivity index (χ0v) is 12.8. The smallest absolute Gasteiger partial charge is 0.308 e. The Bertz CT molecular complexity index is 581. The lowest BCUT2D eigenvalue weighted by molar-refractivity contribution is -0.147. The van der Waals surface area contributed by atoms with Crippen molar-refractivity contribution in [2.45, 2.75) is 25.9 Å². The molecule has 0 saturated carbocycles. The molecule has 1 amide bonds. The lowest BCUT2D eigenvalue weighted by Crippen LogP contribution is -2.47. The van der Waals surface area contributed by atoms with Crippen LogP contribution in [-0.4, -0.2) is 41.1 Å². The van der Waals surface area contributed by atoms with Crippen molar-refractivity contribution in [1.82, 2.24) is 4.90 Å². The number of ether oxygens (including phenoxy) is 1. The monoisotopic (exact) mass is 329 g/mol. The van der Waals surface area contributed by atoms with Gasteiger partial charge in [0.1, 0.15) is 11.6 Å². The van der Waals surface area contributed by atoms with Crippen molar-refractivity contribution in [2.75, 3.05) is 13.1 Å². The average Bonchev–Trinajstić information content (AvgIpc) is 2.49. The molecule has 0 bridgehead atoms. The number of likely N-dealkylation sites (tertiary alicyclic amines) is 1. The number of carboxylic acids is 1. The zero-order chi connectivity index (χ0) is 16.3. The summed E-state index contributed by atoms with van der Waals surface area (Å²) in [6.07, 6.45) is 0.390. The summed E-state index contributed by atoms with van der Waals surface area (Å²) in [7, 11) is 0. The first-order valence-corrected chi connectivity index (χ1v) is 7.39. The fourth-order valence-corrected chi connectivity index (χ4v) is 2.66. The molecule has 22 heavy (non-hydrogen) atoms. The molecule has 0 radical (unpaired) electrons. The number of hydrogen-bond acceptors (Lipinski definition) is 3. The van der Waals surface area contributed by atoms with E-state index in [0.29, 0.717) is 19.4 Å². The molecule has 1 aliphatic heterocycles. The molecule has 1 aliphatic rings. The molecule has 1 saturated heterocycles. The van der Waals surface area contributed by atoms with E-state index in [-0.39, 0.29) is 23.2 Å². The van der Waals surface area contributed by atoms with Gasteiger partial charge in [-0.3, -0.25) is 9.59 Å². The quantitative estimate of drug-likeness (QED) is 0.922. The summed E-state index contributed by atoms with van der Waals surface area (Å²) < 4.78 is 18.5. The van der Waals surface area contributed by atoms with Crippen LogP contribution >= 0.6 is 11.6 Å². The van der Waals surface area contributed by atoms with Crippen LogP contribution in [0, 0.1) is 11.7 Å². The van der Waals surface area contributed by atoms with Crippen LogP contribution in [0.3, 0.4) is 0 Å². The Morgan fingerprint density at radius 2 is 2.23 bits per heavy atom. The number of carboxylic acid groups (broad SMARTS) is 1. The number of aliphatic carboxylic acids is 1. The average molecular weight is 330 g/mol. The third-order valence-corrected chi connectivity index (χ3v) is 3.92. The Hall–Kier alpha value is -1.82. The molecule has 1 N–H and O–H groups in total. The summed E-state index contributed by atoms with van der Waals surface area (Å²) in [6.45, 7) is 2.25. The van der Waals surface area contributed by atoms with Crippen LogP contribution in [-0.2, 0) is 9.59 Å². The molecular weight excluding hydrogens is 313 g/mol. The van der Waals surface area contributed by atoms with Crippen LogP contribution in [0.15, 0.2) is 18.2 Å². The normalized spacial score (nSPS) is 19.6. The van der Waals surface area contributed by atoms with Crippen LogP contribution in [0.1, 0.15) is 19.8 Å². The Labute approximate surface area is 132 Å². The van der Waals surface area contributed by atoms with Gasteiger partial charge in [0.15, 0.2) is 6.10 Å². The predicted molar refractivity (Wildman–Crippen MR) is 78.4 cm³/mol. The lowest BCUT2D eigenvalue weighted by atomic mass is 9.98. The topological polar surface area (TPSA) is 66.8 Å². The van der Waals surface area contributed by atoms with Gasteiger partial charge in [-0.15, -0.1) is 0 Å². The SMILES string of the molecule is CC(Oc1ccc(F)cc1Cl)C(=O)N1CCCC(C(=O)O)C1. The maximum atomic E-state index is 13.0. The number of carbonyl (C=O) groups is 2. The highest BCUT2D eigenvalue weighted by atomic mass is 35.5. The summed E-state index contributed by atoms with van der Waals surface area (Å²) >= 11 is 5.86. The number of rotatable bonds is 4. The van der Waals surface area contributed by atoms with Crippen LogP contribution < -0.4 is 4.74 Å². The fraction of sp³-hybridized carbons (Fsp3) is 0.467. The van der Waals surface area contributed by atoms with Gasteiger partial charge in [-0.25, -0.2) is 4.39 Å². The van der Waals surface area contributed by atoms with Gasteiger partial charge in [0, 0.05) is 13.1 Å². The fourth-order valence-electron chi connectivity index (χ4n) is 2.45. The summed E-state index contributed by atoms with van der Waals surface area (Å²) in [5.41, 5.74) is 0. The molecular formula is C15H17ClFNO4. The number of benzene rings is 1. The Morgan fingerprint density at radius 3 is 2.86 bits per heavy atom. The van der Waals surface area contributed by atoms with E-state index in [4.69, 9.17) is 21.4 Å². The highest BCUT2D eigenvalue weighted by molar-refractivity contribution is 6.32. The maximum absolute atomic E-state index is 13.0. The molecule has 1 heterocycles. The first-order valence-electron chi connectivity index (χ1n) is 7.01. The van der Waals surface area contributed by atoms with E-state index in [1.807, 2.05) is 0 Å². The van der Waals surface area contributed by atoms with Gasteiger partial charge in [-0.2, -0.15) is 0 Å². The number of hydrogen-bond donors (Lipinski definition) is 1. The Morgan fingerprint density at radius 1 is 1.50 bits per heavy atom. The number of amides is 1. The number of carbonyl (C=O) groups excluding carboxylic acids is 1. The Balaban J connectivity index is 2.01. The first-order chi connectivity index (χ1) is 10.4. The molecule has 120 valence electrons. The molecule has 7 heteroatoms. The van der Waals surface area contributed by atoms with Crippen molar-refractivity contribution in [2.24, 2.45) is 5.92 Å². The molecule has 1 aromatic carbocycles. The molecule has 0 aromatic heterocycles. The second-order valence-electron chi connectivity index (χ2n) is 5.30. The third-order valence-electron chi connectivity index (χ3n) is 3.63. The van der Waals surface area contributed by atoms with E-state index in [1.165, 1.54) is 17.0 Å². The van der Waals surface area contributed by atoms with Gasteiger partial charge in [0.05, 0.1) is 10.9 Å². The largest absolute Gasteiger partial charge is 0.481 e. The molecule has 1 aromatic rings. The van der Waals surface area contributed by atoms with Gasteiger partial charge in [0.2, 0.25) is 0 Å². The molecule has 2 atom stereocenters. The molecule has 2 unspecified atom stereocenters. The van der Waals surface area contributed by atoms with Crippen LogP contribution in [0.5, 0.6) is 5.75 Å². The van der Waals surface area contributed by atoms with Gasteiger partial charge in [-0.05, 0) is 38.0 Å². The van der Waals surface area contributed by atoms with Crippen LogP contribution in [0.25, 0.3) is 0 Å². The van der Waals surface area contributed by atoms with Gasteiger partial charge >= 0.3 is 5.97 Å². The highest BCUT2D eigenvalue weighted by Gasteiger charge is 2.31. The highest BCUT2D eigenvalue weighted by Crippen LogP contribution is 2.26. The minimum absolute atomic E-state index is 0.0849. The standard InChI is InChI=1S/C15H17ClFNO4/c1-9(22-13-5-4-11(17)7-12(13)16)14(19)18-6-2-3-10(8-18)15(20)21/h4-5,7,9-10H,2-3,6,8H2,1H3,(H,20,21). The van der Waals surface area contributed by atoms with Crippen molar-refractivity contribution in [3.63, 3.8) is 0 Å². The van der Waals surface area contributed by atoms with E-state index in [9.17, 15) is 14.0 Å². The van der Waals surface area contributed by atoms with E-state index >= 15 is 0 Å².